The average molecular weight is 272 g/mol. The molecule has 2 N–H and O–H groups in total. The van der Waals surface area contributed by atoms with Crippen molar-refractivity contribution in [3.8, 4) is 11.8 Å². The zero-order chi connectivity index (χ0) is 14.4. The van der Waals surface area contributed by atoms with Gasteiger partial charge in [-0.15, -0.1) is 0 Å². The van der Waals surface area contributed by atoms with Gasteiger partial charge in [-0.05, 0) is 12.1 Å². The Morgan fingerprint density at radius 2 is 2.20 bits per heavy atom. The maximum atomic E-state index is 11.8. The minimum atomic E-state index is -0.729. The SMILES string of the molecule is N#Cc1cnn(CCO)c1NC(=O)Oc1ccccc1. The normalized spacial score (nSPS) is 9.80. The Bertz CT molecular complexity index is 631. The molecular formula is C13H12N4O3. The maximum Gasteiger partial charge on any atom is 0.418 e. The van der Waals surface area contributed by atoms with Crippen molar-refractivity contribution in [1.82, 2.24) is 9.78 Å². The first-order chi connectivity index (χ1) is 9.74. The third-order valence-electron chi connectivity index (χ3n) is 2.45. The van der Waals surface area contributed by atoms with Crippen LogP contribution >= 0.6 is 0 Å². The van der Waals surface area contributed by atoms with Crippen molar-refractivity contribution in [3.63, 3.8) is 0 Å². The standard InChI is InChI=1S/C13H12N4O3/c14-8-10-9-15-17(6-7-18)12(10)16-13(19)20-11-4-2-1-3-5-11/h1-5,9,18H,6-7H2,(H,16,19). The molecule has 0 aliphatic heterocycles. The number of rotatable bonds is 4. The number of nitrogens with zero attached hydrogens (tertiary/aromatic N) is 3. The van der Waals surface area contributed by atoms with Gasteiger partial charge in [-0.2, -0.15) is 10.4 Å². The molecule has 0 saturated carbocycles. The molecule has 0 saturated heterocycles. The van der Waals surface area contributed by atoms with E-state index in [1.807, 2.05) is 6.07 Å². The molecule has 1 aromatic heterocycles. The van der Waals surface area contributed by atoms with Crippen molar-refractivity contribution in [2.75, 3.05) is 11.9 Å². The number of carbonyl (C=O) groups is 1. The van der Waals surface area contributed by atoms with E-state index in [1.54, 1.807) is 30.3 Å². The van der Waals surface area contributed by atoms with E-state index in [2.05, 4.69) is 10.4 Å². The van der Waals surface area contributed by atoms with Crippen molar-refractivity contribution in [2.45, 2.75) is 6.54 Å². The zero-order valence-corrected chi connectivity index (χ0v) is 10.5. The van der Waals surface area contributed by atoms with Crippen LogP contribution in [0.25, 0.3) is 0 Å². The first kappa shape index (κ1) is 13.6. The molecule has 20 heavy (non-hydrogen) atoms. The van der Waals surface area contributed by atoms with Crippen LogP contribution in [-0.4, -0.2) is 27.6 Å². The molecule has 7 heteroatoms. The summed E-state index contributed by atoms with van der Waals surface area (Å²) in [5.74, 6) is 0.583. The Balaban J connectivity index is 2.11. The summed E-state index contributed by atoms with van der Waals surface area (Å²) in [6.45, 7) is 0.0115. The fourth-order valence-corrected chi connectivity index (χ4v) is 1.58. The number of aliphatic hydroxyl groups excluding tert-OH is 1. The number of nitriles is 1. The molecule has 0 radical (unpaired) electrons. The highest BCUT2D eigenvalue weighted by Gasteiger charge is 2.14. The van der Waals surface area contributed by atoms with E-state index in [0.717, 1.165) is 0 Å². The minimum Gasteiger partial charge on any atom is -0.410 e. The average Bonchev–Trinajstić information content (AvgIpc) is 2.82. The predicted octanol–water partition coefficient (Wildman–Crippen LogP) is 1.36. The molecule has 102 valence electrons. The van der Waals surface area contributed by atoms with E-state index in [0.29, 0.717) is 5.75 Å². The lowest BCUT2D eigenvalue weighted by molar-refractivity contribution is 0.214. The minimum absolute atomic E-state index is 0.158. The van der Waals surface area contributed by atoms with E-state index in [-0.39, 0.29) is 24.5 Å². The maximum absolute atomic E-state index is 11.8. The lowest BCUT2D eigenvalue weighted by Gasteiger charge is -2.08. The van der Waals surface area contributed by atoms with Crippen molar-refractivity contribution < 1.29 is 14.6 Å². The van der Waals surface area contributed by atoms with Crippen LogP contribution in [0.1, 0.15) is 5.56 Å². The van der Waals surface area contributed by atoms with Crippen molar-refractivity contribution in [3.05, 3.63) is 42.1 Å². The topological polar surface area (TPSA) is 100 Å². The van der Waals surface area contributed by atoms with Gasteiger partial charge in [-0.25, -0.2) is 9.48 Å². The first-order valence-electron chi connectivity index (χ1n) is 5.85. The van der Waals surface area contributed by atoms with Gasteiger partial charge in [0.1, 0.15) is 17.4 Å². The van der Waals surface area contributed by atoms with Crippen molar-refractivity contribution in [2.24, 2.45) is 0 Å². The molecule has 0 atom stereocenters. The summed E-state index contributed by atoms with van der Waals surface area (Å²) in [4.78, 5) is 11.8. The number of carbonyl (C=O) groups excluding carboxylic acids is 1. The number of aromatic nitrogens is 2. The Morgan fingerprint density at radius 1 is 1.45 bits per heavy atom. The number of hydrogen-bond donors (Lipinski definition) is 2. The molecule has 0 fully saturated rings. The molecule has 0 bridgehead atoms. The van der Waals surface area contributed by atoms with Crippen LogP contribution in [-0.2, 0) is 6.54 Å². The predicted molar refractivity (Wildman–Crippen MR) is 70.1 cm³/mol. The second-order valence-electron chi connectivity index (χ2n) is 3.79. The van der Waals surface area contributed by atoms with Crippen LogP contribution < -0.4 is 10.1 Å². The monoisotopic (exact) mass is 272 g/mol. The molecule has 1 heterocycles. The third kappa shape index (κ3) is 3.13. The van der Waals surface area contributed by atoms with Gasteiger partial charge in [0, 0.05) is 0 Å². The number of benzene rings is 1. The fourth-order valence-electron chi connectivity index (χ4n) is 1.58. The van der Waals surface area contributed by atoms with E-state index >= 15 is 0 Å². The number of anilines is 1. The van der Waals surface area contributed by atoms with E-state index in [1.165, 1.54) is 10.9 Å². The molecule has 0 unspecified atom stereocenters. The Morgan fingerprint density at radius 3 is 2.85 bits per heavy atom. The van der Waals surface area contributed by atoms with Crippen LogP contribution in [0.3, 0.4) is 0 Å². The summed E-state index contributed by atoms with van der Waals surface area (Å²) < 4.78 is 6.38. The summed E-state index contributed by atoms with van der Waals surface area (Å²) in [6.07, 6.45) is 0.584. The van der Waals surface area contributed by atoms with E-state index in [9.17, 15) is 4.79 Å². The lowest BCUT2D eigenvalue weighted by atomic mass is 10.3. The van der Waals surface area contributed by atoms with Gasteiger partial charge < -0.3 is 9.84 Å². The highest BCUT2D eigenvalue weighted by Crippen LogP contribution is 2.15. The Labute approximate surface area is 115 Å². The second kappa shape index (κ2) is 6.36. The molecule has 2 rings (SSSR count). The van der Waals surface area contributed by atoms with E-state index < -0.39 is 6.09 Å². The highest BCUT2D eigenvalue weighted by molar-refractivity contribution is 5.86. The van der Waals surface area contributed by atoms with Gasteiger partial charge >= 0.3 is 6.09 Å². The van der Waals surface area contributed by atoms with Crippen LogP contribution in [0.15, 0.2) is 36.5 Å². The first-order valence-corrected chi connectivity index (χ1v) is 5.85. The van der Waals surface area contributed by atoms with Gasteiger partial charge in [0.15, 0.2) is 5.82 Å². The fraction of sp³-hybridized carbons (Fsp3) is 0.154. The van der Waals surface area contributed by atoms with Crippen LogP contribution in [0.2, 0.25) is 0 Å². The molecular weight excluding hydrogens is 260 g/mol. The summed E-state index contributed by atoms with van der Waals surface area (Å²) in [7, 11) is 0. The number of amides is 1. The van der Waals surface area contributed by atoms with Gasteiger partial charge in [0.25, 0.3) is 0 Å². The molecule has 2 aromatic rings. The summed E-state index contributed by atoms with van der Waals surface area (Å²) in [5, 5.41) is 24.2. The zero-order valence-electron chi connectivity index (χ0n) is 10.5. The molecule has 1 aromatic carbocycles. The van der Waals surface area contributed by atoms with Gasteiger partial charge in [0.2, 0.25) is 0 Å². The van der Waals surface area contributed by atoms with Crippen molar-refractivity contribution >= 4 is 11.9 Å². The molecule has 0 spiro atoms. The summed E-state index contributed by atoms with van der Waals surface area (Å²) in [5.41, 5.74) is 0.198. The molecule has 7 nitrogen and oxygen atoms in total. The Hall–Kier alpha value is -2.85. The molecule has 0 aliphatic rings. The van der Waals surface area contributed by atoms with Crippen LogP contribution in [0.4, 0.5) is 10.6 Å². The molecule has 1 amide bonds. The number of ether oxygens (including phenoxy) is 1. The van der Waals surface area contributed by atoms with Gasteiger partial charge in [-0.3, -0.25) is 5.32 Å². The third-order valence-corrected chi connectivity index (χ3v) is 2.45. The number of hydrogen-bond acceptors (Lipinski definition) is 5. The number of para-hydroxylation sites is 1. The van der Waals surface area contributed by atoms with Crippen LogP contribution in [0, 0.1) is 11.3 Å². The van der Waals surface area contributed by atoms with E-state index in [4.69, 9.17) is 15.1 Å². The number of aliphatic hydroxyl groups is 1. The smallest absolute Gasteiger partial charge is 0.410 e. The van der Waals surface area contributed by atoms with Gasteiger partial charge in [-0.1, -0.05) is 18.2 Å². The number of nitrogens with one attached hydrogen (secondary N) is 1. The van der Waals surface area contributed by atoms with Crippen LogP contribution in [0.5, 0.6) is 5.75 Å². The largest absolute Gasteiger partial charge is 0.418 e. The highest BCUT2D eigenvalue weighted by atomic mass is 16.6. The quantitative estimate of drug-likeness (QED) is 0.875. The summed E-state index contributed by atoms with van der Waals surface area (Å²) >= 11 is 0. The lowest BCUT2D eigenvalue weighted by Crippen LogP contribution is -2.20. The second-order valence-corrected chi connectivity index (χ2v) is 3.79. The Kier molecular flexibility index (Phi) is 4.32. The van der Waals surface area contributed by atoms with Crippen molar-refractivity contribution in [1.29, 1.82) is 5.26 Å². The van der Waals surface area contributed by atoms with Gasteiger partial charge in [0.05, 0.1) is 19.3 Å². The molecule has 0 aliphatic carbocycles. The summed E-state index contributed by atoms with van der Waals surface area (Å²) in [6, 6.07) is 10.4.